The van der Waals surface area contributed by atoms with Gasteiger partial charge < -0.3 is 15.3 Å². The Hall–Kier alpha value is -2.37. The van der Waals surface area contributed by atoms with Gasteiger partial charge in [-0.05, 0) is 37.1 Å². The van der Waals surface area contributed by atoms with Crippen LogP contribution >= 0.6 is 0 Å². The minimum atomic E-state index is -1.01. The van der Waals surface area contributed by atoms with Crippen LogP contribution in [0, 0.1) is 6.92 Å². The van der Waals surface area contributed by atoms with Crippen LogP contribution in [0.15, 0.2) is 18.2 Å². The highest BCUT2D eigenvalue weighted by Crippen LogP contribution is 2.17. The summed E-state index contributed by atoms with van der Waals surface area (Å²) in [7, 11) is 0. The maximum absolute atomic E-state index is 11.9. The lowest BCUT2D eigenvalue weighted by Gasteiger charge is -2.15. The monoisotopic (exact) mass is 276 g/mol. The minimum absolute atomic E-state index is 0.00176. The number of nitrogens with one attached hydrogen (secondary N) is 1. The maximum atomic E-state index is 11.9. The number of aryl methyl sites for hydroxylation is 1. The van der Waals surface area contributed by atoms with Crippen molar-refractivity contribution in [1.29, 1.82) is 0 Å². The summed E-state index contributed by atoms with van der Waals surface area (Å²) in [6.45, 7) is 2.38. The molecule has 0 aliphatic carbocycles. The number of hydrogen-bond acceptors (Lipinski definition) is 3. The number of carbonyl (C=O) groups excluding carboxylic acids is 2. The molecule has 1 fully saturated rings. The van der Waals surface area contributed by atoms with Crippen molar-refractivity contribution >= 4 is 23.5 Å². The Kier molecular flexibility index (Phi) is 4.02. The number of nitrogens with zero attached hydrogens (tertiary/aromatic N) is 1. The Balaban J connectivity index is 2.00. The van der Waals surface area contributed by atoms with Crippen molar-refractivity contribution in [2.45, 2.75) is 19.8 Å². The maximum Gasteiger partial charge on any atom is 0.335 e. The van der Waals surface area contributed by atoms with Gasteiger partial charge in [-0.1, -0.05) is 0 Å². The number of anilines is 1. The van der Waals surface area contributed by atoms with Crippen LogP contribution in [-0.4, -0.2) is 40.9 Å². The molecule has 0 unspecified atom stereocenters. The summed E-state index contributed by atoms with van der Waals surface area (Å²) in [5, 5.41) is 11.6. The van der Waals surface area contributed by atoms with E-state index in [4.69, 9.17) is 5.11 Å². The molecule has 1 saturated heterocycles. The summed E-state index contributed by atoms with van der Waals surface area (Å²) < 4.78 is 0. The molecule has 0 aromatic heterocycles. The number of benzene rings is 1. The van der Waals surface area contributed by atoms with E-state index < -0.39 is 5.97 Å². The fourth-order valence-electron chi connectivity index (χ4n) is 2.17. The number of aromatic carboxylic acids is 1. The first-order valence-corrected chi connectivity index (χ1v) is 6.39. The quantitative estimate of drug-likeness (QED) is 0.866. The van der Waals surface area contributed by atoms with Crippen molar-refractivity contribution in [2.24, 2.45) is 0 Å². The molecule has 1 aliphatic rings. The average Bonchev–Trinajstić information content (AvgIpc) is 2.77. The summed E-state index contributed by atoms with van der Waals surface area (Å²) >= 11 is 0. The topological polar surface area (TPSA) is 86.7 Å². The first-order valence-electron chi connectivity index (χ1n) is 6.39. The van der Waals surface area contributed by atoms with Crippen LogP contribution in [0.1, 0.15) is 28.8 Å². The third-order valence-corrected chi connectivity index (χ3v) is 3.25. The van der Waals surface area contributed by atoms with Gasteiger partial charge in [-0.25, -0.2) is 4.79 Å². The van der Waals surface area contributed by atoms with Gasteiger partial charge in [0.25, 0.3) is 0 Å². The van der Waals surface area contributed by atoms with Crippen LogP contribution in [0.5, 0.6) is 0 Å². The summed E-state index contributed by atoms with van der Waals surface area (Å²) in [6, 6.07) is 4.49. The van der Waals surface area contributed by atoms with Gasteiger partial charge >= 0.3 is 5.97 Å². The number of carboxylic acids is 1. The zero-order chi connectivity index (χ0) is 14.7. The molecule has 1 aliphatic heterocycles. The highest BCUT2D eigenvalue weighted by Gasteiger charge is 2.22. The largest absolute Gasteiger partial charge is 0.478 e. The fourth-order valence-corrected chi connectivity index (χ4v) is 2.17. The molecule has 0 atom stereocenters. The van der Waals surface area contributed by atoms with Gasteiger partial charge in [0.2, 0.25) is 11.8 Å². The lowest BCUT2D eigenvalue weighted by molar-refractivity contribution is -0.131. The van der Waals surface area contributed by atoms with Crippen LogP contribution in [0.2, 0.25) is 0 Å². The third-order valence-electron chi connectivity index (χ3n) is 3.25. The van der Waals surface area contributed by atoms with Crippen molar-refractivity contribution in [3.05, 3.63) is 29.3 Å². The van der Waals surface area contributed by atoms with Crippen molar-refractivity contribution in [2.75, 3.05) is 18.4 Å². The smallest absolute Gasteiger partial charge is 0.335 e. The Morgan fingerprint density at radius 1 is 1.40 bits per heavy atom. The van der Waals surface area contributed by atoms with E-state index in [9.17, 15) is 14.4 Å². The Morgan fingerprint density at radius 2 is 2.15 bits per heavy atom. The SMILES string of the molecule is Cc1cc(C(=O)O)ccc1NC(=O)CN1CCCC1=O. The molecular formula is C14H16N2O4. The van der Waals surface area contributed by atoms with E-state index in [0.717, 1.165) is 6.42 Å². The molecule has 6 heteroatoms. The van der Waals surface area contributed by atoms with Crippen molar-refractivity contribution < 1.29 is 19.5 Å². The molecule has 1 heterocycles. The summed E-state index contributed by atoms with van der Waals surface area (Å²) in [5.41, 5.74) is 1.41. The molecule has 2 amide bonds. The summed E-state index contributed by atoms with van der Waals surface area (Å²) in [4.78, 5) is 35.6. The number of hydrogen-bond donors (Lipinski definition) is 2. The van der Waals surface area contributed by atoms with Gasteiger partial charge in [-0.2, -0.15) is 0 Å². The second-order valence-electron chi connectivity index (χ2n) is 4.80. The molecule has 20 heavy (non-hydrogen) atoms. The van der Waals surface area contributed by atoms with Crippen molar-refractivity contribution in [1.82, 2.24) is 4.90 Å². The lowest BCUT2D eigenvalue weighted by atomic mass is 10.1. The van der Waals surface area contributed by atoms with E-state index in [1.165, 1.54) is 17.0 Å². The van der Waals surface area contributed by atoms with Crippen LogP contribution in [-0.2, 0) is 9.59 Å². The predicted molar refractivity (Wildman–Crippen MR) is 72.6 cm³/mol. The molecule has 1 aromatic rings. The zero-order valence-corrected chi connectivity index (χ0v) is 11.2. The number of likely N-dealkylation sites (tertiary alicyclic amines) is 1. The van der Waals surface area contributed by atoms with E-state index in [1.54, 1.807) is 13.0 Å². The van der Waals surface area contributed by atoms with Crippen molar-refractivity contribution in [3.8, 4) is 0 Å². The van der Waals surface area contributed by atoms with Crippen LogP contribution in [0.25, 0.3) is 0 Å². The first kappa shape index (κ1) is 14.0. The number of amides is 2. The Bertz CT molecular complexity index is 568. The molecular weight excluding hydrogens is 260 g/mol. The summed E-state index contributed by atoms with van der Waals surface area (Å²) in [5.74, 6) is -1.28. The molecule has 2 rings (SSSR count). The second kappa shape index (κ2) is 5.73. The second-order valence-corrected chi connectivity index (χ2v) is 4.80. The number of rotatable bonds is 4. The number of carbonyl (C=O) groups is 3. The summed E-state index contributed by atoms with van der Waals surface area (Å²) in [6.07, 6.45) is 1.29. The van der Waals surface area contributed by atoms with Crippen molar-refractivity contribution in [3.63, 3.8) is 0 Å². The molecule has 0 spiro atoms. The van der Waals surface area contributed by atoms with Crippen LogP contribution < -0.4 is 5.32 Å². The molecule has 6 nitrogen and oxygen atoms in total. The first-order chi connectivity index (χ1) is 9.47. The highest BCUT2D eigenvalue weighted by atomic mass is 16.4. The van der Waals surface area contributed by atoms with E-state index in [-0.39, 0.29) is 23.9 Å². The Morgan fingerprint density at radius 3 is 2.70 bits per heavy atom. The van der Waals surface area contributed by atoms with Gasteiger partial charge in [-0.15, -0.1) is 0 Å². The molecule has 0 radical (unpaired) electrons. The van der Waals surface area contributed by atoms with Gasteiger partial charge in [-0.3, -0.25) is 9.59 Å². The lowest BCUT2D eigenvalue weighted by Crippen LogP contribution is -2.34. The average molecular weight is 276 g/mol. The third kappa shape index (κ3) is 3.14. The predicted octanol–water partition coefficient (Wildman–Crippen LogP) is 1.25. The van der Waals surface area contributed by atoms with Gasteiger partial charge in [0, 0.05) is 18.7 Å². The van der Waals surface area contributed by atoms with Gasteiger partial charge in [0.1, 0.15) is 0 Å². The molecule has 1 aromatic carbocycles. The molecule has 0 bridgehead atoms. The van der Waals surface area contributed by atoms with E-state index in [0.29, 0.717) is 24.2 Å². The zero-order valence-electron chi connectivity index (χ0n) is 11.2. The normalized spacial score (nSPS) is 14.4. The molecule has 106 valence electrons. The van der Waals surface area contributed by atoms with E-state index >= 15 is 0 Å². The van der Waals surface area contributed by atoms with Crippen LogP contribution in [0.3, 0.4) is 0 Å². The van der Waals surface area contributed by atoms with Crippen LogP contribution in [0.4, 0.5) is 5.69 Å². The van der Waals surface area contributed by atoms with E-state index in [1.807, 2.05) is 0 Å². The fraction of sp³-hybridized carbons (Fsp3) is 0.357. The number of carboxylic acid groups (broad SMARTS) is 1. The van der Waals surface area contributed by atoms with E-state index in [2.05, 4.69) is 5.32 Å². The molecule has 2 N–H and O–H groups in total. The van der Waals surface area contributed by atoms with Gasteiger partial charge in [0.15, 0.2) is 0 Å². The standard InChI is InChI=1S/C14H16N2O4/c1-9-7-10(14(19)20)4-5-11(9)15-12(17)8-16-6-2-3-13(16)18/h4-5,7H,2-3,6,8H2,1H3,(H,15,17)(H,19,20). The Labute approximate surface area is 116 Å². The molecule has 0 saturated carbocycles. The van der Waals surface area contributed by atoms with Gasteiger partial charge in [0.05, 0.1) is 12.1 Å². The minimum Gasteiger partial charge on any atom is -0.478 e. The highest BCUT2D eigenvalue weighted by molar-refractivity contribution is 5.96.